The van der Waals surface area contributed by atoms with E-state index in [0.717, 1.165) is 12.8 Å². The third-order valence-corrected chi connectivity index (χ3v) is 3.95. The molecule has 0 aliphatic heterocycles. The number of hydrogen-bond acceptors (Lipinski definition) is 2. The number of unbranched alkanes of at least 4 members (excludes halogenated alkanes) is 3. The van der Waals surface area contributed by atoms with Crippen LogP contribution in [0.25, 0.3) is 0 Å². The number of ether oxygens (including phenoxy) is 1. The van der Waals surface area contributed by atoms with Gasteiger partial charge in [-0.2, -0.15) is 0 Å². The minimum atomic E-state index is -0.311. The minimum Gasteiger partial charge on any atom is -0.463 e. The van der Waals surface area contributed by atoms with E-state index in [1.165, 1.54) is 49.6 Å². The summed E-state index contributed by atoms with van der Waals surface area (Å²) in [5.41, 5.74) is 0. The molecular formula is C15H30NO2+. The SMILES string of the molecule is C=CC(=O)OCCCCCC[N+](CC)(CC)CC. The van der Waals surface area contributed by atoms with E-state index in [1.54, 1.807) is 0 Å². The van der Waals surface area contributed by atoms with E-state index in [4.69, 9.17) is 4.74 Å². The summed E-state index contributed by atoms with van der Waals surface area (Å²) in [5, 5.41) is 0. The molecule has 106 valence electrons. The number of carbonyl (C=O) groups excluding carboxylic acids is 1. The summed E-state index contributed by atoms with van der Waals surface area (Å²) >= 11 is 0. The fourth-order valence-electron chi connectivity index (χ4n) is 2.28. The molecule has 0 saturated heterocycles. The molecule has 0 aromatic carbocycles. The Morgan fingerprint density at radius 3 is 2.11 bits per heavy atom. The largest absolute Gasteiger partial charge is 0.463 e. The lowest BCUT2D eigenvalue weighted by Gasteiger charge is -2.35. The maximum atomic E-state index is 10.8. The van der Waals surface area contributed by atoms with Crippen LogP contribution in [-0.2, 0) is 9.53 Å². The Hall–Kier alpha value is -0.830. The summed E-state index contributed by atoms with van der Waals surface area (Å²) in [6.45, 7) is 15.7. The number of rotatable bonds is 11. The van der Waals surface area contributed by atoms with Crippen molar-refractivity contribution in [2.45, 2.75) is 46.5 Å². The number of carbonyl (C=O) groups is 1. The molecule has 0 N–H and O–H groups in total. The first-order valence-electron chi connectivity index (χ1n) is 7.28. The lowest BCUT2D eigenvalue weighted by atomic mass is 10.1. The molecule has 0 radical (unpaired) electrons. The van der Waals surface area contributed by atoms with Crippen molar-refractivity contribution in [1.29, 1.82) is 0 Å². The standard InChI is InChI=1S/C15H30NO2/c1-5-15(17)18-14-12-10-9-11-13-16(6-2,7-3)8-4/h5H,1,6-14H2,2-4H3/q+1. The molecule has 3 heteroatoms. The molecule has 0 heterocycles. The van der Waals surface area contributed by atoms with Crippen LogP contribution in [0.15, 0.2) is 12.7 Å². The predicted molar refractivity (Wildman–Crippen MR) is 76.4 cm³/mol. The highest BCUT2D eigenvalue weighted by Crippen LogP contribution is 2.10. The first-order chi connectivity index (χ1) is 8.64. The molecule has 0 unspecified atom stereocenters. The van der Waals surface area contributed by atoms with Crippen molar-refractivity contribution in [2.75, 3.05) is 32.8 Å². The highest BCUT2D eigenvalue weighted by molar-refractivity contribution is 5.81. The second kappa shape index (κ2) is 10.1. The quantitative estimate of drug-likeness (QED) is 0.246. The molecule has 0 rings (SSSR count). The Kier molecular flexibility index (Phi) is 9.66. The van der Waals surface area contributed by atoms with Crippen molar-refractivity contribution in [3.63, 3.8) is 0 Å². The zero-order valence-corrected chi connectivity index (χ0v) is 12.4. The van der Waals surface area contributed by atoms with Gasteiger partial charge in [0.2, 0.25) is 0 Å². The van der Waals surface area contributed by atoms with Gasteiger partial charge in [0.1, 0.15) is 0 Å². The first-order valence-corrected chi connectivity index (χ1v) is 7.28. The Balaban J connectivity index is 3.55. The summed E-state index contributed by atoms with van der Waals surface area (Å²) in [6.07, 6.45) is 5.82. The molecule has 0 fully saturated rings. The van der Waals surface area contributed by atoms with Crippen LogP contribution >= 0.6 is 0 Å². The maximum absolute atomic E-state index is 10.8. The highest BCUT2D eigenvalue weighted by Gasteiger charge is 2.19. The number of hydrogen-bond donors (Lipinski definition) is 0. The molecular weight excluding hydrogens is 226 g/mol. The molecule has 18 heavy (non-hydrogen) atoms. The van der Waals surface area contributed by atoms with Crippen molar-refractivity contribution in [3.05, 3.63) is 12.7 Å². The van der Waals surface area contributed by atoms with E-state index in [0.29, 0.717) is 6.61 Å². The molecule has 0 spiro atoms. The van der Waals surface area contributed by atoms with E-state index in [1.807, 2.05) is 0 Å². The zero-order chi connectivity index (χ0) is 13.9. The molecule has 0 aromatic heterocycles. The van der Waals surface area contributed by atoms with Crippen LogP contribution in [0.1, 0.15) is 46.5 Å². The van der Waals surface area contributed by atoms with E-state index >= 15 is 0 Å². The number of nitrogens with zero attached hydrogens (tertiary/aromatic N) is 1. The summed E-state index contributed by atoms with van der Waals surface area (Å²) in [7, 11) is 0. The van der Waals surface area contributed by atoms with Gasteiger partial charge in [-0.3, -0.25) is 0 Å². The molecule has 0 aliphatic rings. The Bertz CT molecular complexity index is 226. The van der Waals surface area contributed by atoms with E-state index in [2.05, 4.69) is 27.4 Å². The minimum absolute atomic E-state index is 0.311. The van der Waals surface area contributed by atoms with Crippen LogP contribution < -0.4 is 0 Å². The Morgan fingerprint density at radius 2 is 1.61 bits per heavy atom. The maximum Gasteiger partial charge on any atom is 0.330 e. The van der Waals surface area contributed by atoms with Crippen molar-refractivity contribution < 1.29 is 14.0 Å². The summed E-state index contributed by atoms with van der Waals surface area (Å²) in [5.74, 6) is -0.311. The molecule has 0 atom stereocenters. The van der Waals surface area contributed by atoms with Gasteiger partial charge >= 0.3 is 5.97 Å². The van der Waals surface area contributed by atoms with Crippen molar-refractivity contribution >= 4 is 5.97 Å². The molecule has 0 aromatic rings. The molecule has 3 nitrogen and oxygen atoms in total. The summed E-state index contributed by atoms with van der Waals surface area (Å²) < 4.78 is 6.17. The van der Waals surface area contributed by atoms with Crippen LogP contribution in [0, 0.1) is 0 Å². The van der Waals surface area contributed by atoms with Gasteiger partial charge in [0.05, 0.1) is 32.8 Å². The van der Waals surface area contributed by atoms with Crippen LogP contribution in [0.4, 0.5) is 0 Å². The van der Waals surface area contributed by atoms with Crippen molar-refractivity contribution in [2.24, 2.45) is 0 Å². The first kappa shape index (κ1) is 17.2. The second-order valence-corrected chi connectivity index (χ2v) is 4.80. The highest BCUT2D eigenvalue weighted by atomic mass is 16.5. The number of quaternary nitrogens is 1. The topological polar surface area (TPSA) is 26.3 Å². The zero-order valence-electron chi connectivity index (χ0n) is 12.4. The van der Waals surface area contributed by atoms with Gasteiger partial charge in [-0.1, -0.05) is 6.58 Å². The third-order valence-electron chi connectivity index (χ3n) is 3.95. The molecule has 0 bridgehead atoms. The lowest BCUT2D eigenvalue weighted by Crippen LogP contribution is -2.48. The smallest absolute Gasteiger partial charge is 0.330 e. The van der Waals surface area contributed by atoms with Gasteiger partial charge in [-0.15, -0.1) is 0 Å². The van der Waals surface area contributed by atoms with Crippen LogP contribution in [-0.4, -0.2) is 43.2 Å². The fraction of sp³-hybridized carbons (Fsp3) is 0.800. The van der Waals surface area contributed by atoms with Gasteiger partial charge in [0.15, 0.2) is 0 Å². The van der Waals surface area contributed by atoms with E-state index in [-0.39, 0.29) is 5.97 Å². The summed E-state index contributed by atoms with van der Waals surface area (Å²) in [4.78, 5) is 10.8. The second-order valence-electron chi connectivity index (χ2n) is 4.80. The average molecular weight is 256 g/mol. The molecule has 0 saturated carbocycles. The third kappa shape index (κ3) is 6.80. The molecule has 0 amide bonds. The van der Waals surface area contributed by atoms with Crippen molar-refractivity contribution in [1.82, 2.24) is 0 Å². The normalized spacial score (nSPS) is 11.3. The van der Waals surface area contributed by atoms with Crippen LogP contribution in [0.2, 0.25) is 0 Å². The Labute approximate surface area is 112 Å². The van der Waals surface area contributed by atoms with Gasteiger partial charge < -0.3 is 9.22 Å². The average Bonchev–Trinajstić information content (AvgIpc) is 2.42. The van der Waals surface area contributed by atoms with Gasteiger partial charge in [0.25, 0.3) is 0 Å². The predicted octanol–water partition coefficient (Wildman–Crippen LogP) is 3.15. The lowest BCUT2D eigenvalue weighted by molar-refractivity contribution is -0.923. The van der Waals surface area contributed by atoms with Crippen molar-refractivity contribution in [3.8, 4) is 0 Å². The van der Waals surface area contributed by atoms with Gasteiger partial charge in [-0.25, -0.2) is 4.79 Å². The van der Waals surface area contributed by atoms with Crippen LogP contribution in [0.5, 0.6) is 0 Å². The molecule has 0 aliphatic carbocycles. The number of esters is 1. The van der Waals surface area contributed by atoms with E-state index in [9.17, 15) is 4.79 Å². The van der Waals surface area contributed by atoms with Gasteiger partial charge in [-0.05, 0) is 46.5 Å². The fourth-order valence-corrected chi connectivity index (χ4v) is 2.28. The van der Waals surface area contributed by atoms with E-state index < -0.39 is 0 Å². The monoisotopic (exact) mass is 256 g/mol. The van der Waals surface area contributed by atoms with Gasteiger partial charge in [0, 0.05) is 6.08 Å². The summed E-state index contributed by atoms with van der Waals surface area (Å²) in [6, 6.07) is 0. The Morgan fingerprint density at radius 1 is 1.06 bits per heavy atom. The van der Waals surface area contributed by atoms with Crippen LogP contribution in [0.3, 0.4) is 0 Å².